The number of hydrogen-bond acceptors (Lipinski definition) is 4. The lowest BCUT2D eigenvalue weighted by Crippen LogP contribution is -2.32. The van der Waals surface area contributed by atoms with Crippen LogP contribution < -0.4 is 10.6 Å². The maximum Gasteiger partial charge on any atom is 0.272 e. The highest BCUT2D eigenvalue weighted by atomic mass is 35.5. The number of halogens is 1. The largest absolute Gasteiger partial charge is 0.346 e. The summed E-state index contributed by atoms with van der Waals surface area (Å²) < 4.78 is 3.74. The first-order valence-corrected chi connectivity index (χ1v) is 8.09. The molecule has 3 rings (SSSR count). The molecular weight excluding hydrogens is 328 g/mol. The number of amides is 1. The molecule has 0 aliphatic carbocycles. The first-order valence-electron chi connectivity index (χ1n) is 8.09. The van der Waals surface area contributed by atoms with Crippen molar-refractivity contribution in [2.75, 3.05) is 13.1 Å². The van der Waals surface area contributed by atoms with Gasteiger partial charge in [-0.2, -0.15) is 10.2 Å². The van der Waals surface area contributed by atoms with Gasteiger partial charge in [0.05, 0.1) is 11.7 Å². The minimum Gasteiger partial charge on any atom is -0.346 e. The number of aromatic nitrogens is 4. The van der Waals surface area contributed by atoms with E-state index in [0.29, 0.717) is 18.3 Å². The van der Waals surface area contributed by atoms with E-state index in [2.05, 4.69) is 20.8 Å². The molecule has 1 aliphatic heterocycles. The summed E-state index contributed by atoms with van der Waals surface area (Å²) in [6, 6.07) is 2.13. The van der Waals surface area contributed by atoms with E-state index in [1.165, 1.54) is 0 Å². The van der Waals surface area contributed by atoms with E-state index in [-0.39, 0.29) is 18.3 Å². The van der Waals surface area contributed by atoms with Crippen molar-refractivity contribution in [1.29, 1.82) is 0 Å². The maximum absolute atomic E-state index is 12.3. The van der Waals surface area contributed by atoms with Gasteiger partial charge < -0.3 is 10.6 Å². The first-order chi connectivity index (χ1) is 11.1. The lowest BCUT2D eigenvalue weighted by atomic mass is 10.1. The number of aryl methyl sites for hydroxylation is 2. The minimum atomic E-state index is -0.143. The molecule has 132 valence electrons. The Morgan fingerprint density at radius 2 is 2.21 bits per heavy atom. The number of carbonyl (C=O) groups is 1. The number of rotatable bonds is 4. The summed E-state index contributed by atoms with van der Waals surface area (Å²) >= 11 is 0. The van der Waals surface area contributed by atoms with Crippen molar-refractivity contribution in [3.05, 3.63) is 34.9 Å². The van der Waals surface area contributed by atoms with Crippen molar-refractivity contribution in [2.45, 2.75) is 39.3 Å². The van der Waals surface area contributed by atoms with Crippen molar-refractivity contribution in [3.8, 4) is 0 Å². The smallest absolute Gasteiger partial charge is 0.272 e. The molecule has 1 saturated heterocycles. The Kier molecular flexibility index (Phi) is 6.01. The van der Waals surface area contributed by atoms with E-state index in [1.807, 2.05) is 36.5 Å². The molecule has 1 atom stereocenters. The molecule has 2 aromatic heterocycles. The molecule has 1 amide bonds. The lowest BCUT2D eigenvalue weighted by Gasteiger charge is -2.22. The quantitative estimate of drug-likeness (QED) is 0.874. The third-order valence-corrected chi connectivity index (χ3v) is 4.57. The third-order valence-electron chi connectivity index (χ3n) is 4.57. The van der Waals surface area contributed by atoms with Crippen molar-refractivity contribution in [1.82, 2.24) is 30.2 Å². The van der Waals surface area contributed by atoms with Crippen LogP contribution in [-0.2, 0) is 13.6 Å². The highest BCUT2D eigenvalue weighted by molar-refractivity contribution is 5.92. The lowest BCUT2D eigenvalue weighted by molar-refractivity contribution is 0.0944. The van der Waals surface area contributed by atoms with Gasteiger partial charge in [-0.25, -0.2) is 0 Å². The minimum absolute atomic E-state index is 0. The zero-order chi connectivity index (χ0) is 16.4. The summed E-state index contributed by atoms with van der Waals surface area (Å²) in [6.07, 6.45) is 4.14. The second-order valence-electron chi connectivity index (χ2n) is 6.14. The van der Waals surface area contributed by atoms with E-state index < -0.39 is 0 Å². The Morgan fingerprint density at radius 1 is 1.42 bits per heavy atom. The fraction of sp³-hybridized carbons (Fsp3) is 0.562. The average Bonchev–Trinajstić information content (AvgIpc) is 3.13. The average molecular weight is 353 g/mol. The highest BCUT2D eigenvalue weighted by Crippen LogP contribution is 2.16. The summed E-state index contributed by atoms with van der Waals surface area (Å²) in [7, 11) is 1.91. The van der Waals surface area contributed by atoms with Crippen LogP contribution in [0.15, 0.2) is 12.3 Å². The Labute approximate surface area is 148 Å². The fourth-order valence-corrected chi connectivity index (χ4v) is 3.05. The van der Waals surface area contributed by atoms with E-state index in [4.69, 9.17) is 0 Å². The predicted octanol–water partition coefficient (Wildman–Crippen LogP) is 1.51. The number of nitrogens with zero attached hydrogens (tertiary/aromatic N) is 4. The Balaban J connectivity index is 0.00000208. The van der Waals surface area contributed by atoms with Crippen LogP contribution in [0.2, 0.25) is 0 Å². The van der Waals surface area contributed by atoms with Gasteiger partial charge in [0.2, 0.25) is 0 Å². The predicted molar refractivity (Wildman–Crippen MR) is 94.5 cm³/mol. The molecule has 0 aromatic carbocycles. The second-order valence-corrected chi connectivity index (χ2v) is 6.14. The van der Waals surface area contributed by atoms with Gasteiger partial charge in [-0.1, -0.05) is 0 Å². The van der Waals surface area contributed by atoms with Crippen molar-refractivity contribution >= 4 is 18.3 Å². The van der Waals surface area contributed by atoms with Crippen LogP contribution in [0.4, 0.5) is 0 Å². The van der Waals surface area contributed by atoms with Gasteiger partial charge in [-0.15, -0.1) is 12.4 Å². The molecule has 1 unspecified atom stereocenters. The van der Waals surface area contributed by atoms with Crippen LogP contribution in [0.5, 0.6) is 0 Å². The van der Waals surface area contributed by atoms with E-state index in [9.17, 15) is 4.79 Å². The SMILES string of the molecule is Cc1nn(C)c(C)c1CNC(=O)c1ccn(C2CCCNC2)n1.Cl. The van der Waals surface area contributed by atoms with Crippen molar-refractivity contribution in [2.24, 2.45) is 7.05 Å². The molecule has 2 N–H and O–H groups in total. The molecule has 0 spiro atoms. The van der Waals surface area contributed by atoms with E-state index >= 15 is 0 Å². The van der Waals surface area contributed by atoms with Crippen LogP contribution in [0, 0.1) is 13.8 Å². The molecular formula is C16H25ClN6O. The van der Waals surface area contributed by atoms with Crippen LogP contribution in [-0.4, -0.2) is 38.6 Å². The number of hydrogen-bond donors (Lipinski definition) is 2. The van der Waals surface area contributed by atoms with Crippen LogP contribution in [0.25, 0.3) is 0 Å². The van der Waals surface area contributed by atoms with E-state index in [0.717, 1.165) is 42.9 Å². The third kappa shape index (κ3) is 3.79. The normalized spacial score (nSPS) is 17.4. The highest BCUT2D eigenvalue weighted by Gasteiger charge is 2.18. The van der Waals surface area contributed by atoms with Crippen LogP contribution in [0.1, 0.15) is 46.3 Å². The molecule has 8 heteroatoms. The van der Waals surface area contributed by atoms with Gasteiger partial charge in [0.25, 0.3) is 5.91 Å². The van der Waals surface area contributed by atoms with Crippen LogP contribution >= 0.6 is 12.4 Å². The Morgan fingerprint density at radius 3 is 2.83 bits per heavy atom. The van der Waals surface area contributed by atoms with Crippen molar-refractivity contribution in [3.63, 3.8) is 0 Å². The summed E-state index contributed by atoms with van der Waals surface area (Å²) in [4.78, 5) is 12.3. The van der Waals surface area contributed by atoms with Gasteiger partial charge in [-0.05, 0) is 39.3 Å². The topological polar surface area (TPSA) is 76.8 Å². The molecule has 1 fully saturated rings. The number of nitrogens with one attached hydrogen (secondary N) is 2. The summed E-state index contributed by atoms with van der Waals surface area (Å²) in [6.45, 7) is 6.42. The fourth-order valence-electron chi connectivity index (χ4n) is 3.05. The standard InChI is InChI=1S/C16H24N6O.ClH/c1-11-14(12(2)21(3)19-11)10-18-16(23)15-6-8-22(20-15)13-5-4-7-17-9-13;/h6,8,13,17H,4-5,7,9-10H2,1-3H3,(H,18,23);1H. The molecule has 24 heavy (non-hydrogen) atoms. The molecule has 7 nitrogen and oxygen atoms in total. The van der Waals surface area contributed by atoms with Crippen LogP contribution in [0.3, 0.4) is 0 Å². The maximum atomic E-state index is 12.3. The zero-order valence-corrected chi connectivity index (χ0v) is 15.2. The summed E-state index contributed by atoms with van der Waals surface area (Å²) in [5, 5.41) is 15.1. The Hall–Kier alpha value is -1.86. The molecule has 0 radical (unpaired) electrons. The molecule has 3 heterocycles. The zero-order valence-electron chi connectivity index (χ0n) is 14.4. The molecule has 2 aromatic rings. The van der Waals surface area contributed by atoms with Gasteiger partial charge in [0.1, 0.15) is 5.69 Å². The molecule has 0 saturated carbocycles. The van der Waals surface area contributed by atoms with Gasteiger partial charge >= 0.3 is 0 Å². The van der Waals surface area contributed by atoms with Gasteiger partial charge in [0, 0.05) is 37.6 Å². The number of piperidine rings is 1. The first kappa shape index (κ1) is 18.5. The summed E-state index contributed by atoms with van der Waals surface area (Å²) in [5.74, 6) is -0.143. The second kappa shape index (κ2) is 7.81. The molecule has 1 aliphatic rings. The Bertz CT molecular complexity index is 701. The molecule has 0 bridgehead atoms. The van der Waals surface area contributed by atoms with E-state index in [1.54, 1.807) is 6.07 Å². The monoisotopic (exact) mass is 352 g/mol. The van der Waals surface area contributed by atoms with Gasteiger partial charge in [0.15, 0.2) is 0 Å². The number of carbonyl (C=O) groups excluding carboxylic acids is 1. The van der Waals surface area contributed by atoms with Gasteiger partial charge in [-0.3, -0.25) is 14.2 Å². The summed E-state index contributed by atoms with van der Waals surface area (Å²) in [5.41, 5.74) is 3.55. The van der Waals surface area contributed by atoms with Crippen molar-refractivity contribution < 1.29 is 4.79 Å².